The van der Waals surface area contributed by atoms with E-state index in [1.165, 1.54) is 42.5 Å². The molecule has 1 N–H and O–H groups in total. The Bertz CT molecular complexity index is 1340. The number of carbonyl (C=O) groups excluding carboxylic acids is 1. The lowest BCUT2D eigenvalue weighted by atomic mass is 9.87. The highest BCUT2D eigenvalue weighted by Crippen LogP contribution is 2.47. The van der Waals surface area contributed by atoms with Gasteiger partial charge in [-0.1, -0.05) is 47.0 Å². The normalized spacial score (nSPS) is 17.6. The summed E-state index contributed by atoms with van der Waals surface area (Å²) in [5, 5.41) is 10.3. The van der Waals surface area contributed by atoms with Crippen LogP contribution in [0.5, 0.6) is 0 Å². The van der Waals surface area contributed by atoms with E-state index in [1.807, 2.05) is 6.92 Å². The van der Waals surface area contributed by atoms with Crippen LogP contribution in [0.1, 0.15) is 33.8 Å². The molecule has 4 rings (SSSR count). The van der Waals surface area contributed by atoms with Gasteiger partial charge in [-0.25, -0.2) is 8.42 Å². The molecule has 0 aromatic heterocycles. The van der Waals surface area contributed by atoms with Crippen molar-refractivity contribution in [3.05, 3.63) is 93.5 Å². The van der Waals surface area contributed by atoms with Crippen LogP contribution in [0.2, 0.25) is 10.0 Å². The molecule has 3 aromatic carbocycles. The van der Waals surface area contributed by atoms with Gasteiger partial charge in [0.2, 0.25) is 0 Å². The fourth-order valence-electron chi connectivity index (χ4n) is 4.09. The third-order valence-electron chi connectivity index (χ3n) is 5.63. The number of nitrogens with zero attached hydrogens (tertiary/aromatic N) is 1. The number of ketones is 1. The minimum Gasteiger partial charge on any atom is -0.481 e. The molecule has 0 radical (unpaired) electrons. The summed E-state index contributed by atoms with van der Waals surface area (Å²) < 4.78 is 28.6. The molecule has 1 aliphatic heterocycles. The fourth-order valence-corrected chi connectivity index (χ4v) is 6.05. The van der Waals surface area contributed by atoms with Gasteiger partial charge in [0.25, 0.3) is 10.0 Å². The Hall–Kier alpha value is -2.87. The lowest BCUT2D eigenvalue weighted by Gasteiger charge is -2.28. The number of aryl methyl sites for hydroxylation is 1. The molecule has 0 fully saturated rings. The molecule has 1 heterocycles. The molecule has 0 bridgehead atoms. The topological polar surface area (TPSA) is 91.8 Å². The van der Waals surface area contributed by atoms with Crippen molar-refractivity contribution in [2.24, 2.45) is 0 Å². The Morgan fingerprint density at radius 1 is 0.939 bits per heavy atom. The highest BCUT2D eigenvalue weighted by atomic mass is 35.5. The Kier molecular flexibility index (Phi) is 6.22. The van der Waals surface area contributed by atoms with Gasteiger partial charge in [-0.15, -0.1) is 0 Å². The van der Waals surface area contributed by atoms with E-state index in [0.29, 0.717) is 10.6 Å². The van der Waals surface area contributed by atoms with Crippen LogP contribution < -0.4 is 4.31 Å². The van der Waals surface area contributed by atoms with Crippen molar-refractivity contribution in [3.63, 3.8) is 0 Å². The smallest absolute Gasteiger partial charge is 0.304 e. The van der Waals surface area contributed by atoms with Crippen molar-refractivity contribution in [2.45, 2.75) is 30.2 Å². The summed E-state index contributed by atoms with van der Waals surface area (Å²) in [6.45, 7) is 1.83. The molecule has 0 spiro atoms. The van der Waals surface area contributed by atoms with Crippen LogP contribution in [0.15, 0.2) is 71.6 Å². The van der Waals surface area contributed by atoms with E-state index in [2.05, 4.69) is 0 Å². The fraction of sp³-hybridized carbons (Fsp3) is 0.167. The van der Waals surface area contributed by atoms with Crippen LogP contribution in [-0.2, 0) is 14.8 Å². The molecule has 0 aliphatic carbocycles. The maximum atomic E-state index is 13.8. The first-order valence-corrected chi connectivity index (χ1v) is 12.2. The maximum absolute atomic E-state index is 13.8. The number of carboxylic acid groups (broad SMARTS) is 1. The number of hydrogen-bond acceptors (Lipinski definition) is 4. The molecular weight excluding hydrogens is 485 g/mol. The van der Waals surface area contributed by atoms with Gasteiger partial charge in [0.05, 0.1) is 17.0 Å². The average molecular weight is 504 g/mol. The van der Waals surface area contributed by atoms with E-state index >= 15 is 0 Å². The number of fused-ring (bicyclic) bond motifs is 1. The lowest BCUT2D eigenvalue weighted by Crippen LogP contribution is -2.45. The third kappa shape index (κ3) is 4.36. The molecule has 33 heavy (non-hydrogen) atoms. The maximum Gasteiger partial charge on any atom is 0.304 e. The van der Waals surface area contributed by atoms with Gasteiger partial charge in [0, 0.05) is 21.5 Å². The molecule has 0 amide bonds. The van der Waals surface area contributed by atoms with Gasteiger partial charge in [-0.3, -0.25) is 13.9 Å². The second-order valence-corrected chi connectivity index (χ2v) is 10.5. The first-order valence-electron chi connectivity index (χ1n) is 10.0. The third-order valence-corrected chi connectivity index (χ3v) is 7.93. The average Bonchev–Trinajstić information content (AvgIpc) is 3.07. The number of Topliss-reactive ketones (excluding diaryl/α,β-unsaturated/α-hetero) is 1. The van der Waals surface area contributed by atoms with E-state index in [-0.39, 0.29) is 21.2 Å². The molecule has 3 aromatic rings. The molecular formula is C24H19Cl2NO5S. The van der Waals surface area contributed by atoms with Crippen LogP contribution >= 0.6 is 23.2 Å². The number of carbonyl (C=O) groups is 2. The second kappa shape index (κ2) is 8.82. The molecule has 2 unspecified atom stereocenters. The Labute approximate surface area is 201 Å². The Balaban J connectivity index is 1.94. The van der Waals surface area contributed by atoms with E-state index in [4.69, 9.17) is 23.2 Å². The first-order chi connectivity index (χ1) is 15.6. The van der Waals surface area contributed by atoms with Gasteiger partial charge >= 0.3 is 5.97 Å². The summed E-state index contributed by atoms with van der Waals surface area (Å²) in [6.07, 6.45) is -0.432. The van der Waals surface area contributed by atoms with E-state index < -0.39 is 40.2 Å². The van der Waals surface area contributed by atoms with Crippen LogP contribution in [-0.4, -0.2) is 31.3 Å². The van der Waals surface area contributed by atoms with E-state index in [0.717, 1.165) is 9.87 Å². The Morgan fingerprint density at radius 3 is 2.15 bits per heavy atom. The van der Waals surface area contributed by atoms with Gasteiger partial charge in [0.1, 0.15) is 6.04 Å². The minimum atomic E-state index is -4.23. The lowest BCUT2D eigenvalue weighted by molar-refractivity contribution is -0.137. The predicted octanol–water partition coefficient (Wildman–Crippen LogP) is 5.32. The van der Waals surface area contributed by atoms with E-state index in [9.17, 15) is 23.1 Å². The molecule has 2 atom stereocenters. The van der Waals surface area contributed by atoms with Gasteiger partial charge in [-0.05, 0) is 61.0 Å². The predicted molar refractivity (Wildman–Crippen MR) is 127 cm³/mol. The Morgan fingerprint density at radius 2 is 1.55 bits per heavy atom. The number of benzene rings is 3. The molecule has 170 valence electrons. The zero-order chi connectivity index (χ0) is 23.9. The van der Waals surface area contributed by atoms with Crippen molar-refractivity contribution < 1.29 is 23.1 Å². The van der Waals surface area contributed by atoms with E-state index in [1.54, 1.807) is 24.3 Å². The molecule has 0 saturated heterocycles. The largest absolute Gasteiger partial charge is 0.481 e. The summed E-state index contributed by atoms with van der Waals surface area (Å²) in [5.74, 6) is -2.58. The zero-order valence-electron chi connectivity index (χ0n) is 17.4. The number of rotatable bonds is 6. The van der Waals surface area contributed by atoms with Crippen molar-refractivity contribution in [1.29, 1.82) is 0 Å². The first kappa shape index (κ1) is 23.3. The number of carboxylic acids is 1. The number of aliphatic carboxylic acids is 1. The minimum absolute atomic E-state index is 0.0103. The van der Waals surface area contributed by atoms with Gasteiger partial charge < -0.3 is 5.11 Å². The summed E-state index contributed by atoms with van der Waals surface area (Å²) in [6, 6.07) is 15.6. The van der Waals surface area contributed by atoms with Gasteiger partial charge in [0.15, 0.2) is 5.78 Å². The number of halogens is 2. The van der Waals surface area contributed by atoms with Crippen molar-refractivity contribution in [1.82, 2.24) is 0 Å². The van der Waals surface area contributed by atoms with Crippen LogP contribution in [0, 0.1) is 6.92 Å². The highest BCUT2D eigenvalue weighted by molar-refractivity contribution is 7.93. The number of anilines is 1. The summed E-state index contributed by atoms with van der Waals surface area (Å²) in [5.41, 5.74) is 1.73. The van der Waals surface area contributed by atoms with Gasteiger partial charge in [-0.2, -0.15) is 0 Å². The van der Waals surface area contributed by atoms with Crippen molar-refractivity contribution in [2.75, 3.05) is 4.31 Å². The summed E-state index contributed by atoms with van der Waals surface area (Å²) >= 11 is 12.1. The summed E-state index contributed by atoms with van der Waals surface area (Å²) in [7, 11) is -4.23. The molecule has 6 nitrogen and oxygen atoms in total. The van der Waals surface area contributed by atoms with Crippen LogP contribution in [0.4, 0.5) is 5.69 Å². The quantitative estimate of drug-likeness (QED) is 0.459. The summed E-state index contributed by atoms with van der Waals surface area (Å²) in [4.78, 5) is 25.4. The molecule has 0 saturated carbocycles. The number of sulfonamides is 1. The van der Waals surface area contributed by atoms with Crippen molar-refractivity contribution >= 4 is 50.7 Å². The number of hydrogen-bond donors (Lipinski definition) is 1. The second-order valence-electron chi connectivity index (χ2n) is 7.84. The SMILES string of the molecule is Cc1ccc(S(=O)(=O)N2c3cc(Cl)ccc3C(CC(=O)O)C2C(=O)c2ccc(Cl)cc2)cc1. The van der Waals surface area contributed by atoms with Crippen molar-refractivity contribution in [3.8, 4) is 0 Å². The van der Waals surface area contributed by atoms with Crippen LogP contribution in [0.3, 0.4) is 0 Å². The monoisotopic (exact) mass is 503 g/mol. The molecule has 1 aliphatic rings. The zero-order valence-corrected chi connectivity index (χ0v) is 19.7. The molecule has 9 heteroatoms. The standard InChI is InChI=1S/C24H19Cl2NO5S/c1-14-2-9-18(10-3-14)33(31,32)27-21-12-17(26)8-11-19(21)20(13-22(28)29)23(27)24(30)15-4-6-16(25)7-5-15/h2-12,20,23H,13H2,1H3,(H,28,29). The van der Waals surface area contributed by atoms with Crippen LogP contribution in [0.25, 0.3) is 0 Å². The highest BCUT2D eigenvalue weighted by Gasteiger charge is 2.49.